The van der Waals surface area contributed by atoms with Gasteiger partial charge in [0.2, 0.25) is 0 Å². The number of para-hydroxylation sites is 1. The number of rotatable bonds is 6. The van der Waals surface area contributed by atoms with Gasteiger partial charge in [0.05, 0.1) is 0 Å². The fourth-order valence-corrected chi connectivity index (χ4v) is 4.54. The number of furan rings is 1. The van der Waals surface area contributed by atoms with Crippen molar-refractivity contribution >= 4 is 34.6 Å². The molecule has 0 bridgehead atoms. The molecule has 1 aliphatic carbocycles. The van der Waals surface area contributed by atoms with Gasteiger partial charge < -0.3 is 14.8 Å². The molecule has 0 spiro atoms. The smallest absolute Gasteiger partial charge is 0.325 e. The quantitative estimate of drug-likeness (QED) is 0.806. The lowest BCUT2D eigenvalue weighted by Crippen LogP contribution is -2.38. The molecule has 3 rings (SSSR count). The van der Waals surface area contributed by atoms with E-state index >= 15 is 0 Å². The zero-order valence-electron chi connectivity index (χ0n) is 14.3. The Morgan fingerprint density at radius 2 is 2.00 bits per heavy atom. The number of carboxylic acid groups (broad SMARTS) is 1. The second-order valence-electron chi connectivity index (χ2n) is 6.51. The Kier molecular flexibility index (Phi) is 5.68. The standard InChI is InChI=1S/C19H23NO4S/c1-12(19(22)23)20-18(21)17-15(11-25-13-7-3-2-4-8-13)14-9-5-6-10-16(14)24-17/h5-6,9-10,12-13H,2-4,7-8,11H2,1H3,(H,20,21)(H,22,23). The Balaban J connectivity index is 1.83. The van der Waals surface area contributed by atoms with Crippen LogP contribution in [0.5, 0.6) is 0 Å². The highest BCUT2D eigenvalue weighted by Gasteiger charge is 2.24. The third kappa shape index (κ3) is 4.18. The normalized spacial score (nSPS) is 16.7. The molecule has 134 valence electrons. The highest BCUT2D eigenvalue weighted by Crippen LogP contribution is 2.35. The summed E-state index contributed by atoms with van der Waals surface area (Å²) in [6.07, 6.45) is 6.29. The first kappa shape index (κ1) is 17.9. The van der Waals surface area contributed by atoms with Crippen LogP contribution in [0.3, 0.4) is 0 Å². The molecule has 1 aromatic heterocycles. The number of aliphatic carboxylic acids is 1. The molecule has 1 unspecified atom stereocenters. The molecule has 5 nitrogen and oxygen atoms in total. The topological polar surface area (TPSA) is 79.5 Å². The van der Waals surface area contributed by atoms with E-state index in [0.29, 0.717) is 16.6 Å². The molecule has 1 aromatic carbocycles. The first-order valence-electron chi connectivity index (χ1n) is 8.72. The summed E-state index contributed by atoms with van der Waals surface area (Å²) in [5, 5.41) is 13.1. The molecule has 1 heterocycles. The summed E-state index contributed by atoms with van der Waals surface area (Å²) in [5.74, 6) is -0.600. The number of benzene rings is 1. The summed E-state index contributed by atoms with van der Waals surface area (Å²) in [5.41, 5.74) is 1.52. The number of thioether (sulfide) groups is 1. The Labute approximate surface area is 151 Å². The Morgan fingerprint density at radius 3 is 2.72 bits per heavy atom. The molecule has 1 aliphatic rings. The molecule has 0 aliphatic heterocycles. The van der Waals surface area contributed by atoms with Crippen LogP contribution in [0.4, 0.5) is 0 Å². The van der Waals surface area contributed by atoms with E-state index in [1.165, 1.54) is 39.0 Å². The van der Waals surface area contributed by atoms with E-state index in [1.54, 1.807) is 0 Å². The maximum atomic E-state index is 12.5. The minimum Gasteiger partial charge on any atom is -0.480 e. The van der Waals surface area contributed by atoms with E-state index in [1.807, 2.05) is 36.0 Å². The summed E-state index contributed by atoms with van der Waals surface area (Å²) in [6, 6.07) is 6.62. The van der Waals surface area contributed by atoms with E-state index < -0.39 is 17.9 Å². The number of carbonyl (C=O) groups excluding carboxylic acids is 1. The fraction of sp³-hybridized carbons (Fsp3) is 0.474. The summed E-state index contributed by atoms with van der Waals surface area (Å²) in [4.78, 5) is 23.5. The number of nitrogens with one attached hydrogen (secondary N) is 1. The van der Waals surface area contributed by atoms with Crippen molar-refractivity contribution < 1.29 is 19.1 Å². The largest absolute Gasteiger partial charge is 0.480 e. The molecular formula is C19H23NO4S. The maximum absolute atomic E-state index is 12.5. The highest BCUT2D eigenvalue weighted by atomic mass is 32.2. The van der Waals surface area contributed by atoms with Crippen molar-refractivity contribution in [1.82, 2.24) is 5.32 Å². The van der Waals surface area contributed by atoms with Crippen molar-refractivity contribution in [2.24, 2.45) is 0 Å². The van der Waals surface area contributed by atoms with Gasteiger partial charge in [-0.15, -0.1) is 0 Å². The Hall–Kier alpha value is -1.95. The van der Waals surface area contributed by atoms with Crippen molar-refractivity contribution in [2.75, 3.05) is 0 Å². The van der Waals surface area contributed by atoms with Crippen LogP contribution in [0.1, 0.15) is 55.1 Å². The van der Waals surface area contributed by atoms with Crippen LogP contribution in [0.15, 0.2) is 28.7 Å². The van der Waals surface area contributed by atoms with Crippen LogP contribution in [-0.2, 0) is 10.5 Å². The third-order valence-electron chi connectivity index (χ3n) is 4.64. The van der Waals surface area contributed by atoms with Gasteiger partial charge in [-0.2, -0.15) is 11.8 Å². The molecule has 1 atom stereocenters. The van der Waals surface area contributed by atoms with Crippen LogP contribution >= 0.6 is 11.8 Å². The molecule has 2 aromatic rings. The number of hydrogen-bond donors (Lipinski definition) is 2. The Morgan fingerprint density at radius 1 is 1.28 bits per heavy atom. The van der Waals surface area contributed by atoms with Crippen LogP contribution in [0, 0.1) is 0 Å². The lowest BCUT2D eigenvalue weighted by molar-refractivity contribution is -0.138. The van der Waals surface area contributed by atoms with E-state index in [9.17, 15) is 9.59 Å². The highest BCUT2D eigenvalue weighted by molar-refractivity contribution is 7.99. The summed E-state index contributed by atoms with van der Waals surface area (Å²) in [6.45, 7) is 1.44. The van der Waals surface area contributed by atoms with Gasteiger partial charge in [-0.25, -0.2) is 0 Å². The van der Waals surface area contributed by atoms with Gasteiger partial charge in [0.15, 0.2) is 5.76 Å². The lowest BCUT2D eigenvalue weighted by Gasteiger charge is -2.20. The van der Waals surface area contributed by atoms with Crippen molar-refractivity contribution in [3.8, 4) is 0 Å². The number of carbonyl (C=O) groups is 2. The monoisotopic (exact) mass is 361 g/mol. The minimum atomic E-state index is -1.07. The van der Waals surface area contributed by atoms with Gasteiger partial charge in [-0.1, -0.05) is 37.5 Å². The predicted molar refractivity (Wildman–Crippen MR) is 98.9 cm³/mol. The first-order valence-corrected chi connectivity index (χ1v) is 9.77. The Bertz CT molecular complexity index is 764. The molecule has 2 N–H and O–H groups in total. The van der Waals surface area contributed by atoms with Gasteiger partial charge in [0.1, 0.15) is 11.6 Å². The molecule has 0 radical (unpaired) electrons. The van der Waals surface area contributed by atoms with Gasteiger partial charge in [-0.3, -0.25) is 9.59 Å². The maximum Gasteiger partial charge on any atom is 0.325 e. The predicted octanol–water partition coefficient (Wildman–Crippen LogP) is 4.20. The van der Waals surface area contributed by atoms with Crippen LogP contribution in [0.25, 0.3) is 11.0 Å². The van der Waals surface area contributed by atoms with Gasteiger partial charge in [0.25, 0.3) is 5.91 Å². The molecular weight excluding hydrogens is 338 g/mol. The minimum absolute atomic E-state index is 0.234. The van der Waals surface area contributed by atoms with Crippen LogP contribution in [-0.4, -0.2) is 28.3 Å². The molecule has 1 saturated carbocycles. The summed E-state index contributed by atoms with van der Waals surface area (Å²) >= 11 is 1.87. The second kappa shape index (κ2) is 7.95. The molecule has 1 fully saturated rings. The number of fused-ring (bicyclic) bond motifs is 1. The van der Waals surface area contributed by atoms with Crippen molar-refractivity contribution in [3.63, 3.8) is 0 Å². The lowest BCUT2D eigenvalue weighted by atomic mass is 10.0. The zero-order valence-corrected chi connectivity index (χ0v) is 15.1. The van der Waals surface area contributed by atoms with Crippen molar-refractivity contribution in [2.45, 2.75) is 56.1 Å². The fourth-order valence-electron chi connectivity index (χ4n) is 3.18. The second-order valence-corrected chi connectivity index (χ2v) is 7.80. The van der Waals surface area contributed by atoms with Gasteiger partial charge >= 0.3 is 5.97 Å². The summed E-state index contributed by atoms with van der Waals surface area (Å²) in [7, 11) is 0. The van der Waals surface area contributed by atoms with Crippen LogP contribution < -0.4 is 5.32 Å². The number of hydrogen-bond acceptors (Lipinski definition) is 4. The average molecular weight is 361 g/mol. The zero-order chi connectivity index (χ0) is 17.8. The van der Waals surface area contributed by atoms with Gasteiger partial charge in [0, 0.05) is 22.0 Å². The van der Waals surface area contributed by atoms with Gasteiger partial charge in [-0.05, 0) is 25.8 Å². The SMILES string of the molecule is CC(NC(=O)c1oc2ccccc2c1CSC1CCCCC1)C(=O)O. The summed E-state index contributed by atoms with van der Waals surface area (Å²) < 4.78 is 5.76. The third-order valence-corrected chi connectivity index (χ3v) is 6.04. The van der Waals surface area contributed by atoms with E-state index in [0.717, 1.165) is 10.9 Å². The van der Waals surface area contributed by atoms with E-state index in [2.05, 4.69) is 5.32 Å². The van der Waals surface area contributed by atoms with E-state index in [4.69, 9.17) is 9.52 Å². The van der Waals surface area contributed by atoms with Crippen LogP contribution in [0.2, 0.25) is 0 Å². The molecule has 1 amide bonds. The molecule has 0 saturated heterocycles. The molecule has 6 heteroatoms. The number of amides is 1. The number of carboxylic acids is 1. The average Bonchev–Trinajstić information content (AvgIpc) is 2.99. The first-order chi connectivity index (χ1) is 12.1. The van der Waals surface area contributed by atoms with E-state index in [-0.39, 0.29) is 5.76 Å². The van der Waals surface area contributed by atoms with Crippen molar-refractivity contribution in [1.29, 1.82) is 0 Å². The molecule has 25 heavy (non-hydrogen) atoms. The van der Waals surface area contributed by atoms with Crippen molar-refractivity contribution in [3.05, 3.63) is 35.6 Å².